The summed E-state index contributed by atoms with van der Waals surface area (Å²) in [5, 5.41) is 0. The number of nitrogens with two attached hydrogens (primary N) is 1. The van der Waals surface area contributed by atoms with Gasteiger partial charge in [-0.15, -0.1) is 0 Å². The second kappa shape index (κ2) is 6.87. The molecule has 1 saturated carbocycles. The highest BCUT2D eigenvalue weighted by Crippen LogP contribution is 2.36. The number of carbonyl (C=O) groups excluding carboxylic acids is 1. The van der Waals surface area contributed by atoms with E-state index in [1.165, 1.54) is 32.1 Å². The van der Waals surface area contributed by atoms with Crippen molar-refractivity contribution in [2.24, 2.45) is 11.8 Å². The zero-order chi connectivity index (χ0) is 17.2. The standard InChI is InChI=1S/C21H25N3O/c22-20-11-19(12-23-13-20)16-5-7-17(8-6-16)21(25)24-10-9-15-3-1-2-4-18(15)14-24/h5-8,11-13,15,18H,1-4,9-10,14,22H2/t15-,18-/m0/s1. The third-order valence-corrected chi connectivity index (χ3v) is 5.80. The van der Waals surface area contributed by atoms with E-state index in [9.17, 15) is 4.79 Å². The van der Waals surface area contributed by atoms with Gasteiger partial charge in [-0.25, -0.2) is 0 Å². The summed E-state index contributed by atoms with van der Waals surface area (Å²) in [6.45, 7) is 1.84. The lowest BCUT2D eigenvalue weighted by Crippen LogP contribution is -2.44. The second-order valence-corrected chi connectivity index (χ2v) is 7.43. The summed E-state index contributed by atoms with van der Waals surface area (Å²) in [5.74, 6) is 1.72. The molecule has 25 heavy (non-hydrogen) atoms. The quantitative estimate of drug-likeness (QED) is 0.903. The molecule has 4 heteroatoms. The number of hydrogen-bond acceptors (Lipinski definition) is 3. The van der Waals surface area contributed by atoms with Crippen LogP contribution in [0.3, 0.4) is 0 Å². The SMILES string of the molecule is Nc1cncc(-c2ccc(C(=O)N3CC[C@@H]4CCCC[C@H]4C3)cc2)c1. The number of aromatic nitrogens is 1. The first-order valence-corrected chi connectivity index (χ1v) is 9.31. The fourth-order valence-corrected chi connectivity index (χ4v) is 4.39. The summed E-state index contributed by atoms with van der Waals surface area (Å²) in [4.78, 5) is 19.1. The van der Waals surface area contributed by atoms with E-state index in [1.54, 1.807) is 12.4 Å². The first kappa shape index (κ1) is 16.1. The number of carbonyl (C=O) groups is 1. The van der Waals surface area contributed by atoms with Crippen LogP contribution in [0.2, 0.25) is 0 Å². The van der Waals surface area contributed by atoms with E-state index >= 15 is 0 Å². The largest absolute Gasteiger partial charge is 0.397 e. The van der Waals surface area contributed by atoms with Gasteiger partial charge in [0, 0.05) is 36.6 Å². The van der Waals surface area contributed by atoms with Crippen LogP contribution in [0.4, 0.5) is 5.69 Å². The van der Waals surface area contributed by atoms with Gasteiger partial charge in [-0.05, 0) is 48.4 Å². The van der Waals surface area contributed by atoms with E-state index in [2.05, 4.69) is 9.88 Å². The predicted octanol–water partition coefficient (Wildman–Crippen LogP) is 3.98. The number of nitrogen functional groups attached to an aromatic ring is 1. The minimum Gasteiger partial charge on any atom is -0.397 e. The highest BCUT2D eigenvalue weighted by Gasteiger charge is 2.33. The smallest absolute Gasteiger partial charge is 0.253 e. The number of piperidine rings is 1. The highest BCUT2D eigenvalue weighted by molar-refractivity contribution is 5.94. The van der Waals surface area contributed by atoms with Gasteiger partial charge < -0.3 is 10.6 Å². The summed E-state index contributed by atoms with van der Waals surface area (Å²) in [6, 6.07) is 9.72. The van der Waals surface area contributed by atoms with Crippen LogP contribution in [0.1, 0.15) is 42.5 Å². The van der Waals surface area contributed by atoms with Crippen molar-refractivity contribution in [3.05, 3.63) is 48.3 Å². The van der Waals surface area contributed by atoms with Gasteiger partial charge in [0.25, 0.3) is 5.91 Å². The van der Waals surface area contributed by atoms with Crippen molar-refractivity contribution in [3.63, 3.8) is 0 Å². The molecule has 2 atom stereocenters. The average Bonchev–Trinajstić information content (AvgIpc) is 2.67. The number of rotatable bonds is 2. The van der Waals surface area contributed by atoms with Crippen LogP contribution in [-0.2, 0) is 0 Å². The van der Waals surface area contributed by atoms with Crippen LogP contribution in [-0.4, -0.2) is 28.9 Å². The number of nitrogens with zero attached hydrogens (tertiary/aromatic N) is 2. The molecule has 0 unspecified atom stereocenters. The zero-order valence-corrected chi connectivity index (χ0v) is 14.5. The third-order valence-electron chi connectivity index (χ3n) is 5.80. The van der Waals surface area contributed by atoms with Crippen LogP contribution in [0.25, 0.3) is 11.1 Å². The molecule has 1 aromatic carbocycles. The summed E-state index contributed by atoms with van der Waals surface area (Å²) < 4.78 is 0. The van der Waals surface area contributed by atoms with Crippen LogP contribution in [0.5, 0.6) is 0 Å². The maximum atomic E-state index is 12.9. The Labute approximate surface area is 149 Å². The number of benzene rings is 1. The van der Waals surface area contributed by atoms with E-state index in [4.69, 9.17) is 5.73 Å². The Balaban J connectivity index is 1.47. The lowest BCUT2D eigenvalue weighted by Gasteiger charge is -2.41. The number of likely N-dealkylation sites (tertiary alicyclic amines) is 1. The minimum absolute atomic E-state index is 0.168. The van der Waals surface area contributed by atoms with Gasteiger partial charge >= 0.3 is 0 Å². The summed E-state index contributed by atoms with van der Waals surface area (Å²) in [7, 11) is 0. The molecule has 1 aliphatic carbocycles. The molecule has 1 aliphatic heterocycles. The van der Waals surface area contributed by atoms with E-state index in [0.29, 0.717) is 11.6 Å². The zero-order valence-electron chi connectivity index (χ0n) is 14.5. The molecule has 0 spiro atoms. The molecule has 4 nitrogen and oxygen atoms in total. The summed E-state index contributed by atoms with van der Waals surface area (Å²) in [5.41, 5.74) is 9.23. The molecule has 2 N–H and O–H groups in total. The summed E-state index contributed by atoms with van der Waals surface area (Å²) in [6.07, 6.45) is 9.94. The Bertz CT molecular complexity index is 756. The number of fused-ring (bicyclic) bond motifs is 1. The van der Waals surface area contributed by atoms with Gasteiger partial charge in [0.05, 0.1) is 5.69 Å². The first-order chi connectivity index (χ1) is 12.2. The molecule has 1 saturated heterocycles. The average molecular weight is 335 g/mol. The maximum absolute atomic E-state index is 12.9. The second-order valence-electron chi connectivity index (χ2n) is 7.43. The van der Waals surface area contributed by atoms with Gasteiger partial charge in [0.2, 0.25) is 0 Å². The van der Waals surface area contributed by atoms with Crippen LogP contribution < -0.4 is 5.73 Å². The molecule has 2 heterocycles. The van der Waals surface area contributed by atoms with Gasteiger partial charge in [-0.3, -0.25) is 9.78 Å². The Hall–Kier alpha value is -2.36. The first-order valence-electron chi connectivity index (χ1n) is 9.31. The summed E-state index contributed by atoms with van der Waals surface area (Å²) >= 11 is 0. The van der Waals surface area contributed by atoms with Gasteiger partial charge in [-0.2, -0.15) is 0 Å². The van der Waals surface area contributed by atoms with E-state index in [0.717, 1.165) is 35.7 Å². The lowest BCUT2D eigenvalue weighted by molar-refractivity contribution is 0.0521. The van der Waals surface area contributed by atoms with Crippen molar-refractivity contribution in [2.75, 3.05) is 18.8 Å². The third kappa shape index (κ3) is 3.39. The van der Waals surface area contributed by atoms with Gasteiger partial charge in [0.1, 0.15) is 0 Å². The topological polar surface area (TPSA) is 59.2 Å². The number of amides is 1. The fourth-order valence-electron chi connectivity index (χ4n) is 4.39. The van der Waals surface area contributed by atoms with Crippen LogP contribution in [0, 0.1) is 11.8 Å². The molecular formula is C21H25N3O. The Morgan fingerprint density at radius 2 is 1.76 bits per heavy atom. The molecular weight excluding hydrogens is 310 g/mol. The maximum Gasteiger partial charge on any atom is 0.253 e. The molecule has 0 radical (unpaired) electrons. The van der Waals surface area contributed by atoms with Crippen LogP contribution >= 0.6 is 0 Å². The molecule has 2 fully saturated rings. The minimum atomic E-state index is 0.168. The normalized spacial score (nSPS) is 23.1. The molecule has 4 rings (SSSR count). The fraction of sp³-hybridized carbons (Fsp3) is 0.429. The molecule has 2 aliphatic rings. The van der Waals surface area contributed by atoms with Crippen molar-refractivity contribution in [2.45, 2.75) is 32.1 Å². The Morgan fingerprint density at radius 1 is 1.00 bits per heavy atom. The monoisotopic (exact) mass is 335 g/mol. The molecule has 2 aromatic rings. The van der Waals surface area contributed by atoms with Crippen molar-refractivity contribution in [1.29, 1.82) is 0 Å². The molecule has 1 aromatic heterocycles. The van der Waals surface area contributed by atoms with E-state index in [1.807, 2.05) is 30.3 Å². The van der Waals surface area contributed by atoms with Gasteiger partial charge in [0.15, 0.2) is 0 Å². The highest BCUT2D eigenvalue weighted by atomic mass is 16.2. The van der Waals surface area contributed by atoms with Crippen LogP contribution in [0.15, 0.2) is 42.7 Å². The van der Waals surface area contributed by atoms with Crippen molar-refractivity contribution in [1.82, 2.24) is 9.88 Å². The van der Waals surface area contributed by atoms with Crippen molar-refractivity contribution < 1.29 is 4.79 Å². The van der Waals surface area contributed by atoms with Crippen molar-refractivity contribution in [3.8, 4) is 11.1 Å². The van der Waals surface area contributed by atoms with Gasteiger partial charge in [-0.1, -0.05) is 31.4 Å². The molecule has 0 bridgehead atoms. The Kier molecular flexibility index (Phi) is 4.43. The number of hydrogen-bond donors (Lipinski definition) is 1. The van der Waals surface area contributed by atoms with Crippen molar-refractivity contribution >= 4 is 11.6 Å². The predicted molar refractivity (Wildman–Crippen MR) is 100 cm³/mol. The molecule has 1 amide bonds. The number of pyridine rings is 1. The Morgan fingerprint density at radius 3 is 2.52 bits per heavy atom. The van der Waals surface area contributed by atoms with E-state index in [-0.39, 0.29) is 5.91 Å². The molecule has 130 valence electrons. The lowest BCUT2D eigenvalue weighted by atomic mass is 9.75. The van der Waals surface area contributed by atoms with E-state index < -0.39 is 0 Å². The number of anilines is 1.